The van der Waals surface area contributed by atoms with Gasteiger partial charge in [-0.2, -0.15) is 0 Å². The number of halogens is 2. The quantitative estimate of drug-likeness (QED) is 0.688. The smallest absolute Gasteiger partial charge is 0.239 e. The molecule has 0 aliphatic rings. The van der Waals surface area contributed by atoms with Crippen molar-refractivity contribution in [3.8, 4) is 0 Å². The fourth-order valence-corrected chi connectivity index (χ4v) is 1.28. The number of hydrogen-bond donors (Lipinski definition) is 1. The van der Waals surface area contributed by atoms with Gasteiger partial charge >= 0.3 is 0 Å². The van der Waals surface area contributed by atoms with E-state index in [-0.39, 0.29) is 0 Å². The van der Waals surface area contributed by atoms with Gasteiger partial charge in [-0.3, -0.25) is 9.52 Å². The zero-order valence-electron chi connectivity index (χ0n) is 9.35. The van der Waals surface area contributed by atoms with E-state index in [1.54, 1.807) is 24.3 Å². The van der Waals surface area contributed by atoms with Crippen molar-refractivity contribution in [2.45, 2.75) is 12.3 Å². The Hall–Kier alpha value is -0.780. The Morgan fingerprint density at radius 3 is 2.00 bits per heavy atom. The SMILES string of the molecule is CC(Cl)C(=O)Cl.CS(=O)(=O)Nc1ccccc1. The molecule has 1 aromatic carbocycles. The van der Waals surface area contributed by atoms with E-state index in [0.29, 0.717) is 5.69 Å². The van der Waals surface area contributed by atoms with E-state index in [0.717, 1.165) is 6.26 Å². The summed E-state index contributed by atoms with van der Waals surface area (Å²) in [7, 11) is -3.13. The Bertz CT molecular complexity index is 446. The van der Waals surface area contributed by atoms with Gasteiger partial charge in [0.1, 0.15) is 5.38 Å². The fourth-order valence-electron chi connectivity index (χ4n) is 0.720. The van der Waals surface area contributed by atoms with Crippen molar-refractivity contribution in [3.63, 3.8) is 0 Å². The van der Waals surface area contributed by atoms with E-state index in [4.69, 9.17) is 23.2 Å². The molecule has 0 radical (unpaired) electrons. The third-order valence-corrected chi connectivity index (χ3v) is 2.63. The summed E-state index contributed by atoms with van der Waals surface area (Å²) in [6, 6.07) is 8.76. The molecule has 0 aromatic heterocycles. The van der Waals surface area contributed by atoms with Gasteiger partial charge in [0.15, 0.2) is 0 Å². The Morgan fingerprint density at radius 1 is 1.29 bits per heavy atom. The number of nitrogens with one attached hydrogen (secondary N) is 1. The fraction of sp³-hybridized carbons (Fsp3) is 0.300. The van der Waals surface area contributed by atoms with Crippen molar-refractivity contribution < 1.29 is 13.2 Å². The lowest BCUT2D eigenvalue weighted by Crippen LogP contribution is -2.08. The number of hydrogen-bond acceptors (Lipinski definition) is 3. The van der Waals surface area contributed by atoms with E-state index >= 15 is 0 Å². The maximum Gasteiger partial charge on any atom is 0.239 e. The van der Waals surface area contributed by atoms with Gasteiger partial charge in [-0.05, 0) is 30.7 Å². The van der Waals surface area contributed by atoms with Crippen LogP contribution in [0.2, 0.25) is 0 Å². The molecule has 0 saturated carbocycles. The molecule has 0 fully saturated rings. The van der Waals surface area contributed by atoms with Gasteiger partial charge in [0, 0.05) is 5.69 Å². The second kappa shape index (κ2) is 7.53. The number of carbonyl (C=O) groups is 1. The number of sulfonamides is 1. The summed E-state index contributed by atoms with van der Waals surface area (Å²) < 4.78 is 23.7. The molecular weight excluding hydrogens is 285 g/mol. The van der Waals surface area contributed by atoms with Gasteiger partial charge in [-0.15, -0.1) is 11.6 Å². The molecule has 1 N–H and O–H groups in total. The molecule has 0 aliphatic heterocycles. The lowest BCUT2D eigenvalue weighted by molar-refractivity contribution is -0.111. The first kappa shape index (κ1) is 16.2. The van der Waals surface area contributed by atoms with Crippen molar-refractivity contribution in [2.24, 2.45) is 0 Å². The first-order valence-corrected chi connectivity index (χ1v) is 7.29. The predicted molar refractivity (Wildman–Crippen MR) is 71.1 cm³/mol. The molecule has 1 aromatic rings. The van der Waals surface area contributed by atoms with E-state index in [9.17, 15) is 13.2 Å². The van der Waals surface area contributed by atoms with Crippen LogP contribution in [0, 0.1) is 0 Å². The number of alkyl halides is 1. The number of rotatable bonds is 3. The van der Waals surface area contributed by atoms with Crippen molar-refractivity contribution in [1.82, 2.24) is 0 Å². The number of benzene rings is 1. The molecule has 4 nitrogen and oxygen atoms in total. The monoisotopic (exact) mass is 297 g/mol. The van der Waals surface area contributed by atoms with Crippen LogP contribution < -0.4 is 4.72 Å². The molecule has 0 aliphatic carbocycles. The van der Waals surface area contributed by atoms with Gasteiger partial charge in [0.05, 0.1) is 6.26 Å². The molecule has 0 amide bonds. The summed E-state index contributed by atoms with van der Waals surface area (Å²) >= 11 is 9.97. The molecule has 0 heterocycles. The lowest BCUT2D eigenvalue weighted by atomic mass is 10.3. The molecule has 96 valence electrons. The summed E-state index contributed by atoms with van der Waals surface area (Å²) in [6.45, 7) is 1.52. The molecule has 7 heteroatoms. The predicted octanol–water partition coefficient (Wildman–Crippen LogP) is 2.44. The maximum absolute atomic E-state index is 10.7. The van der Waals surface area contributed by atoms with Crippen LogP contribution in [0.25, 0.3) is 0 Å². The third kappa shape index (κ3) is 10.1. The van der Waals surface area contributed by atoms with Gasteiger partial charge in [-0.1, -0.05) is 18.2 Å². The Balaban J connectivity index is 0.000000366. The van der Waals surface area contributed by atoms with Crippen LogP contribution in [0.4, 0.5) is 5.69 Å². The van der Waals surface area contributed by atoms with Crippen LogP contribution in [-0.4, -0.2) is 25.3 Å². The minimum absolute atomic E-state index is 0.503. The van der Waals surface area contributed by atoms with Gasteiger partial charge in [0.25, 0.3) is 0 Å². The maximum atomic E-state index is 10.7. The minimum Gasteiger partial charge on any atom is -0.284 e. The lowest BCUT2D eigenvalue weighted by Gasteiger charge is -2.00. The average molecular weight is 298 g/mol. The molecule has 1 unspecified atom stereocenters. The molecule has 1 atom stereocenters. The summed E-state index contributed by atoms with van der Waals surface area (Å²) in [6.07, 6.45) is 1.12. The zero-order chi connectivity index (χ0) is 13.5. The molecular formula is C10H13Cl2NO3S. The largest absolute Gasteiger partial charge is 0.284 e. The standard InChI is InChI=1S/C7H9NO2S.C3H4Cl2O/c1-11(9,10)8-7-5-3-2-4-6-7;1-2(4)3(5)6/h2-6,8H,1H3;2H,1H3. The van der Waals surface area contributed by atoms with Crippen molar-refractivity contribution in [3.05, 3.63) is 30.3 Å². The Morgan fingerprint density at radius 2 is 1.71 bits per heavy atom. The summed E-state index contributed by atoms with van der Waals surface area (Å²) in [5.74, 6) is 0. The normalized spacial score (nSPS) is 12.0. The molecule has 0 bridgehead atoms. The zero-order valence-corrected chi connectivity index (χ0v) is 11.7. The molecule has 0 spiro atoms. The minimum atomic E-state index is -3.13. The Labute approximate surface area is 111 Å². The van der Waals surface area contributed by atoms with Crippen LogP contribution in [0.5, 0.6) is 0 Å². The highest BCUT2D eigenvalue weighted by atomic mass is 35.5. The molecule has 1 rings (SSSR count). The summed E-state index contributed by atoms with van der Waals surface area (Å²) in [4.78, 5) is 9.78. The molecule has 17 heavy (non-hydrogen) atoms. The average Bonchev–Trinajstić information content (AvgIpc) is 2.17. The van der Waals surface area contributed by atoms with Crippen LogP contribution in [0.15, 0.2) is 30.3 Å². The van der Waals surface area contributed by atoms with Crippen LogP contribution in [0.3, 0.4) is 0 Å². The van der Waals surface area contributed by atoms with Crippen LogP contribution in [0.1, 0.15) is 6.92 Å². The van der Waals surface area contributed by atoms with Crippen LogP contribution >= 0.6 is 23.2 Å². The second-order valence-electron chi connectivity index (χ2n) is 3.16. The second-order valence-corrected chi connectivity index (χ2v) is 5.94. The van der Waals surface area contributed by atoms with E-state index in [1.807, 2.05) is 6.07 Å². The summed E-state index contributed by atoms with van der Waals surface area (Å²) in [5, 5.41) is -1.05. The van der Waals surface area contributed by atoms with E-state index < -0.39 is 20.6 Å². The number of carbonyl (C=O) groups excluding carboxylic acids is 1. The highest BCUT2D eigenvalue weighted by Gasteiger charge is 2.01. The van der Waals surface area contributed by atoms with E-state index in [1.165, 1.54) is 6.92 Å². The van der Waals surface area contributed by atoms with Gasteiger partial charge in [0.2, 0.25) is 15.3 Å². The van der Waals surface area contributed by atoms with E-state index in [2.05, 4.69) is 4.72 Å². The number of anilines is 1. The van der Waals surface area contributed by atoms with Crippen LogP contribution in [-0.2, 0) is 14.8 Å². The number of para-hydroxylation sites is 1. The third-order valence-electron chi connectivity index (χ3n) is 1.39. The highest BCUT2D eigenvalue weighted by molar-refractivity contribution is 7.92. The van der Waals surface area contributed by atoms with Gasteiger partial charge < -0.3 is 0 Å². The van der Waals surface area contributed by atoms with Crippen molar-refractivity contribution >= 4 is 44.2 Å². The topological polar surface area (TPSA) is 63.2 Å². The first-order valence-electron chi connectivity index (χ1n) is 4.58. The van der Waals surface area contributed by atoms with Gasteiger partial charge in [-0.25, -0.2) is 8.42 Å². The first-order chi connectivity index (χ1) is 7.72. The highest BCUT2D eigenvalue weighted by Crippen LogP contribution is 2.05. The molecule has 0 saturated heterocycles. The van der Waals surface area contributed by atoms with Crippen molar-refractivity contribution in [2.75, 3.05) is 11.0 Å². The Kier molecular flexibility index (Phi) is 7.18. The summed E-state index contributed by atoms with van der Waals surface area (Å²) in [5.41, 5.74) is 0.593. The van der Waals surface area contributed by atoms with Crippen molar-refractivity contribution in [1.29, 1.82) is 0 Å².